The average Bonchev–Trinajstić information content (AvgIpc) is 2.69. The average molecular weight is 411 g/mol. The Morgan fingerprint density at radius 3 is 2.48 bits per heavy atom. The summed E-state index contributed by atoms with van der Waals surface area (Å²) in [5.41, 5.74) is 0.592. The summed E-state index contributed by atoms with van der Waals surface area (Å²) in [6.45, 7) is 0. The van der Waals surface area contributed by atoms with Crippen LogP contribution >= 0.6 is 11.6 Å². The van der Waals surface area contributed by atoms with Crippen LogP contribution < -0.4 is 5.32 Å². The van der Waals surface area contributed by atoms with Gasteiger partial charge in [-0.2, -0.15) is 0 Å². The first-order chi connectivity index (χ1) is 13.9. The number of nitrogens with zero attached hydrogens (tertiary/aromatic N) is 1. The molecule has 0 spiro atoms. The zero-order valence-electron chi connectivity index (χ0n) is 16.0. The van der Waals surface area contributed by atoms with E-state index in [2.05, 4.69) is 10.3 Å². The summed E-state index contributed by atoms with van der Waals surface area (Å²) < 4.78 is 0. The molecule has 1 aromatic heterocycles. The quantitative estimate of drug-likeness (QED) is 0.754. The zero-order valence-corrected chi connectivity index (χ0v) is 16.7. The van der Waals surface area contributed by atoms with E-state index in [1.807, 2.05) is 0 Å². The maximum absolute atomic E-state index is 12.9. The molecule has 4 bridgehead atoms. The topological polar surface area (TPSA) is 79.3 Å². The van der Waals surface area contributed by atoms with Gasteiger partial charge in [0.15, 0.2) is 0 Å². The van der Waals surface area contributed by atoms with Crippen LogP contribution in [0.2, 0.25) is 5.02 Å². The van der Waals surface area contributed by atoms with Gasteiger partial charge in [0.1, 0.15) is 5.69 Å². The molecule has 1 heterocycles. The number of pyridine rings is 1. The Labute approximate surface area is 174 Å². The van der Waals surface area contributed by atoms with Gasteiger partial charge < -0.3 is 10.4 Å². The number of hydrogen-bond acceptors (Lipinski definition) is 4. The number of halogens is 1. The third kappa shape index (κ3) is 3.36. The molecule has 0 saturated heterocycles. The number of amides is 1. The van der Waals surface area contributed by atoms with Gasteiger partial charge in [0, 0.05) is 17.8 Å². The van der Waals surface area contributed by atoms with Gasteiger partial charge in [0.05, 0.1) is 16.2 Å². The lowest BCUT2D eigenvalue weighted by Gasteiger charge is -2.58. The first-order valence-electron chi connectivity index (χ1n) is 10.2. The number of hydrogen-bond donors (Lipinski definition) is 2. The van der Waals surface area contributed by atoms with Crippen molar-refractivity contribution in [3.63, 3.8) is 0 Å². The van der Waals surface area contributed by atoms with Crippen molar-refractivity contribution in [2.75, 3.05) is 0 Å². The second-order valence-electron chi connectivity index (χ2n) is 8.93. The van der Waals surface area contributed by atoms with Crippen molar-refractivity contribution < 1.29 is 14.7 Å². The number of benzene rings is 1. The Kier molecular flexibility index (Phi) is 4.48. The lowest BCUT2D eigenvalue weighted by atomic mass is 9.52. The van der Waals surface area contributed by atoms with Gasteiger partial charge in [0.25, 0.3) is 5.91 Å². The van der Waals surface area contributed by atoms with Crippen molar-refractivity contribution in [1.29, 1.82) is 0 Å². The molecular formula is C23H23ClN2O3. The Balaban J connectivity index is 1.33. The van der Waals surface area contributed by atoms with E-state index in [0.717, 1.165) is 32.1 Å². The molecule has 6 heteroatoms. The van der Waals surface area contributed by atoms with Gasteiger partial charge in [-0.25, -0.2) is 0 Å². The molecule has 150 valence electrons. The number of ketones is 1. The van der Waals surface area contributed by atoms with Crippen LogP contribution in [0.4, 0.5) is 0 Å². The van der Waals surface area contributed by atoms with E-state index in [9.17, 15) is 14.7 Å². The molecule has 0 aliphatic heterocycles. The van der Waals surface area contributed by atoms with E-state index in [0.29, 0.717) is 34.6 Å². The highest BCUT2D eigenvalue weighted by Gasteiger charge is 2.55. The van der Waals surface area contributed by atoms with E-state index in [1.54, 1.807) is 36.5 Å². The van der Waals surface area contributed by atoms with Gasteiger partial charge in [-0.3, -0.25) is 14.6 Å². The van der Waals surface area contributed by atoms with Crippen LogP contribution in [-0.4, -0.2) is 33.4 Å². The largest absolute Gasteiger partial charge is 0.390 e. The molecule has 2 N–H and O–H groups in total. The minimum absolute atomic E-state index is 0.0882. The minimum Gasteiger partial charge on any atom is -0.390 e. The lowest BCUT2D eigenvalue weighted by Crippen LogP contribution is -2.61. The SMILES string of the molecule is O=C(c1ccc(C(=O)NC2C3CC4CC2CC(O)(C4)C3)c(Cl)c1)c1ccccn1. The smallest absolute Gasteiger partial charge is 0.253 e. The highest BCUT2D eigenvalue weighted by Crippen LogP contribution is 2.55. The molecule has 4 saturated carbocycles. The van der Waals surface area contributed by atoms with E-state index >= 15 is 0 Å². The first-order valence-corrected chi connectivity index (χ1v) is 10.6. The highest BCUT2D eigenvalue weighted by molar-refractivity contribution is 6.34. The molecule has 4 aliphatic rings. The maximum Gasteiger partial charge on any atom is 0.253 e. The third-order valence-electron chi connectivity index (χ3n) is 6.91. The summed E-state index contributed by atoms with van der Waals surface area (Å²) in [6.07, 6.45) is 6.19. The number of carbonyl (C=O) groups is 2. The molecule has 6 rings (SSSR count). The van der Waals surface area contributed by atoms with Gasteiger partial charge in [-0.15, -0.1) is 0 Å². The van der Waals surface area contributed by atoms with E-state index in [4.69, 9.17) is 11.6 Å². The molecule has 29 heavy (non-hydrogen) atoms. The molecule has 4 fully saturated rings. The van der Waals surface area contributed by atoms with Crippen molar-refractivity contribution in [2.45, 2.75) is 43.7 Å². The normalized spacial score (nSPS) is 32.2. The number of carbonyl (C=O) groups excluding carboxylic acids is 2. The molecule has 0 radical (unpaired) electrons. The van der Waals surface area contributed by atoms with Crippen molar-refractivity contribution in [3.8, 4) is 0 Å². The van der Waals surface area contributed by atoms with Crippen LogP contribution in [0.15, 0.2) is 42.6 Å². The first kappa shape index (κ1) is 18.8. The van der Waals surface area contributed by atoms with Crippen LogP contribution in [0.25, 0.3) is 0 Å². The van der Waals surface area contributed by atoms with E-state index < -0.39 is 5.60 Å². The predicted octanol–water partition coefficient (Wildman–Crippen LogP) is 3.64. The van der Waals surface area contributed by atoms with Crippen LogP contribution in [0.3, 0.4) is 0 Å². The molecule has 5 nitrogen and oxygen atoms in total. The van der Waals surface area contributed by atoms with E-state index in [1.165, 1.54) is 6.07 Å². The predicted molar refractivity (Wildman–Crippen MR) is 109 cm³/mol. The summed E-state index contributed by atoms with van der Waals surface area (Å²) in [5.74, 6) is 0.814. The van der Waals surface area contributed by atoms with Gasteiger partial charge in [0.2, 0.25) is 5.78 Å². The Morgan fingerprint density at radius 2 is 1.86 bits per heavy atom. The van der Waals surface area contributed by atoms with Crippen molar-refractivity contribution in [2.24, 2.45) is 17.8 Å². The monoisotopic (exact) mass is 410 g/mol. The van der Waals surface area contributed by atoms with E-state index in [-0.39, 0.29) is 22.8 Å². The molecule has 1 amide bonds. The van der Waals surface area contributed by atoms with Gasteiger partial charge in [-0.1, -0.05) is 23.7 Å². The van der Waals surface area contributed by atoms with Crippen LogP contribution in [0, 0.1) is 17.8 Å². The zero-order chi connectivity index (χ0) is 20.2. The number of aliphatic hydroxyl groups is 1. The second kappa shape index (κ2) is 6.92. The van der Waals surface area contributed by atoms with Crippen LogP contribution in [0.5, 0.6) is 0 Å². The fourth-order valence-corrected chi connectivity index (χ4v) is 6.20. The Morgan fingerprint density at radius 1 is 1.10 bits per heavy atom. The van der Waals surface area contributed by atoms with Gasteiger partial charge in [-0.05, 0) is 74.1 Å². The maximum atomic E-state index is 12.9. The number of aromatic nitrogens is 1. The van der Waals surface area contributed by atoms with Crippen LogP contribution in [0.1, 0.15) is 58.5 Å². The third-order valence-corrected chi connectivity index (χ3v) is 7.22. The fourth-order valence-electron chi connectivity index (χ4n) is 5.93. The second-order valence-corrected chi connectivity index (χ2v) is 9.34. The fraction of sp³-hybridized carbons (Fsp3) is 0.435. The van der Waals surface area contributed by atoms with Gasteiger partial charge >= 0.3 is 0 Å². The molecule has 4 aliphatic carbocycles. The standard InChI is InChI=1S/C23H23ClN2O3/c24-18-9-14(21(27)19-3-1-2-6-25-19)4-5-17(18)22(28)26-20-15-7-13-8-16(20)12-23(29,10-13)11-15/h1-6,9,13,15-16,20,29H,7-8,10-12H2,(H,26,28). The number of nitrogens with one attached hydrogen (secondary N) is 1. The molecule has 2 atom stereocenters. The summed E-state index contributed by atoms with van der Waals surface area (Å²) in [5, 5.41) is 14.2. The Bertz CT molecular complexity index is 961. The van der Waals surface area contributed by atoms with Crippen molar-refractivity contribution in [3.05, 3.63) is 64.4 Å². The van der Waals surface area contributed by atoms with Crippen LogP contribution in [-0.2, 0) is 0 Å². The molecular weight excluding hydrogens is 388 g/mol. The molecule has 2 aromatic rings. The van der Waals surface area contributed by atoms with Crippen molar-refractivity contribution in [1.82, 2.24) is 10.3 Å². The summed E-state index contributed by atoms with van der Waals surface area (Å²) >= 11 is 6.37. The lowest BCUT2D eigenvalue weighted by molar-refractivity contribution is -0.136. The van der Waals surface area contributed by atoms with Crippen molar-refractivity contribution >= 4 is 23.3 Å². The molecule has 1 aromatic carbocycles. The summed E-state index contributed by atoms with van der Waals surface area (Å²) in [6, 6.07) is 10.0. The molecule has 2 unspecified atom stereocenters. The minimum atomic E-state index is -0.525. The highest BCUT2D eigenvalue weighted by atomic mass is 35.5. The summed E-state index contributed by atoms with van der Waals surface area (Å²) in [4.78, 5) is 29.6. The number of rotatable bonds is 4. The Hall–Kier alpha value is -2.24. The summed E-state index contributed by atoms with van der Waals surface area (Å²) in [7, 11) is 0.